The van der Waals surface area contributed by atoms with Gasteiger partial charge in [0.2, 0.25) is 0 Å². The molecule has 1 amide bonds. The molecule has 1 spiro atoms. The summed E-state index contributed by atoms with van der Waals surface area (Å²) in [6, 6.07) is 1.75. The largest absolute Gasteiger partial charge is 0.486 e. The summed E-state index contributed by atoms with van der Waals surface area (Å²) in [7, 11) is 0. The number of rotatable bonds is 5. The summed E-state index contributed by atoms with van der Waals surface area (Å²) in [6.45, 7) is 4.55. The number of amides is 1. The Bertz CT molecular complexity index is 1210. The SMILES string of the molecule is C[C@@H]1OCC2(CCN(c3ncc(Sc4ccnc5c4OC[C@@H]4C[C@H](O)CN54)nc3CO)CC2)[C@@H]1NC(=O)O. The molecule has 4 aliphatic rings. The second-order valence-corrected chi connectivity index (χ2v) is 11.6. The highest BCUT2D eigenvalue weighted by Gasteiger charge is 2.50. The van der Waals surface area contributed by atoms with Gasteiger partial charge in [-0.1, -0.05) is 11.8 Å². The van der Waals surface area contributed by atoms with Crippen molar-refractivity contribution in [3.8, 4) is 5.75 Å². The zero-order valence-corrected chi connectivity index (χ0v) is 21.9. The van der Waals surface area contributed by atoms with E-state index in [9.17, 15) is 20.1 Å². The maximum absolute atomic E-state index is 11.4. The van der Waals surface area contributed by atoms with Crippen molar-refractivity contribution in [2.75, 3.05) is 42.6 Å². The van der Waals surface area contributed by atoms with Crippen LogP contribution in [0.5, 0.6) is 5.75 Å². The van der Waals surface area contributed by atoms with E-state index in [2.05, 4.69) is 25.1 Å². The number of ether oxygens (including phenoxy) is 2. The average molecular weight is 545 g/mol. The van der Waals surface area contributed by atoms with Crippen LogP contribution in [0.1, 0.15) is 31.9 Å². The summed E-state index contributed by atoms with van der Waals surface area (Å²) in [4.78, 5) is 30.3. The second kappa shape index (κ2) is 10.0. The Morgan fingerprint density at radius 3 is 2.87 bits per heavy atom. The summed E-state index contributed by atoms with van der Waals surface area (Å²) < 4.78 is 11.9. The third kappa shape index (κ3) is 4.51. The highest BCUT2D eigenvalue weighted by molar-refractivity contribution is 7.99. The first kappa shape index (κ1) is 25.4. The molecule has 0 aromatic carbocycles. The number of aromatic nitrogens is 3. The fraction of sp³-hybridized carbons (Fsp3) is 0.600. The van der Waals surface area contributed by atoms with Gasteiger partial charge in [-0.15, -0.1) is 0 Å². The summed E-state index contributed by atoms with van der Waals surface area (Å²) in [6.07, 6.45) is 4.02. The number of nitrogens with one attached hydrogen (secondary N) is 1. The number of nitrogens with zero attached hydrogens (tertiary/aromatic N) is 5. The molecule has 3 fully saturated rings. The maximum atomic E-state index is 11.4. The first-order valence-electron chi connectivity index (χ1n) is 12.9. The molecule has 0 unspecified atom stereocenters. The van der Waals surface area contributed by atoms with Crippen molar-refractivity contribution in [2.24, 2.45) is 5.41 Å². The minimum Gasteiger partial charge on any atom is -0.486 e. The fourth-order valence-corrected chi connectivity index (χ4v) is 7.13. The summed E-state index contributed by atoms with van der Waals surface area (Å²) in [5, 5.41) is 32.8. The molecule has 4 N–H and O–H groups in total. The Morgan fingerprint density at radius 2 is 2.11 bits per heavy atom. The van der Waals surface area contributed by atoms with Crippen LogP contribution in [0.25, 0.3) is 0 Å². The average Bonchev–Trinajstić information content (AvgIpc) is 3.44. The minimum absolute atomic E-state index is 0.128. The third-order valence-electron chi connectivity index (χ3n) is 8.20. The van der Waals surface area contributed by atoms with Gasteiger partial charge in [-0.2, -0.15) is 0 Å². The Hall–Kier alpha value is -2.87. The third-order valence-corrected chi connectivity index (χ3v) is 9.15. The van der Waals surface area contributed by atoms with E-state index < -0.39 is 6.09 Å². The normalized spacial score (nSPS) is 27.7. The lowest BCUT2D eigenvalue weighted by Crippen LogP contribution is -2.54. The van der Waals surface area contributed by atoms with Crippen LogP contribution in [0.3, 0.4) is 0 Å². The van der Waals surface area contributed by atoms with Gasteiger partial charge in [0, 0.05) is 31.2 Å². The number of piperidine rings is 1. The van der Waals surface area contributed by atoms with Gasteiger partial charge in [-0.05, 0) is 32.3 Å². The van der Waals surface area contributed by atoms with Crippen molar-refractivity contribution < 1.29 is 29.6 Å². The topological polar surface area (TPSA) is 153 Å². The zero-order chi connectivity index (χ0) is 26.4. The van der Waals surface area contributed by atoms with Crippen molar-refractivity contribution in [3.05, 3.63) is 24.2 Å². The molecule has 13 heteroatoms. The molecule has 0 saturated carbocycles. The molecule has 0 radical (unpaired) electrons. The van der Waals surface area contributed by atoms with Crippen molar-refractivity contribution in [3.63, 3.8) is 0 Å². The number of carboxylic acid groups (broad SMARTS) is 1. The van der Waals surface area contributed by atoms with Gasteiger partial charge in [0.05, 0.1) is 48.6 Å². The maximum Gasteiger partial charge on any atom is 0.404 e. The number of carbonyl (C=O) groups is 1. The number of pyridine rings is 1. The van der Waals surface area contributed by atoms with Crippen LogP contribution in [-0.2, 0) is 11.3 Å². The minimum atomic E-state index is -1.03. The predicted octanol–water partition coefficient (Wildman–Crippen LogP) is 1.49. The van der Waals surface area contributed by atoms with E-state index in [1.54, 1.807) is 12.4 Å². The van der Waals surface area contributed by atoms with Gasteiger partial charge < -0.3 is 39.9 Å². The molecular weight excluding hydrogens is 512 g/mol. The number of anilines is 2. The Kier molecular flexibility index (Phi) is 6.70. The number of hydrogen-bond donors (Lipinski definition) is 4. The smallest absolute Gasteiger partial charge is 0.404 e. The lowest BCUT2D eigenvalue weighted by molar-refractivity contribution is 0.0970. The highest BCUT2D eigenvalue weighted by atomic mass is 32.2. The van der Waals surface area contributed by atoms with Gasteiger partial charge in [-0.3, -0.25) is 0 Å². The monoisotopic (exact) mass is 544 g/mol. The Morgan fingerprint density at radius 1 is 1.29 bits per heavy atom. The quantitative estimate of drug-likeness (QED) is 0.431. The molecule has 2 aromatic rings. The van der Waals surface area contributed by atoms with Crippen LogP contribution in [0.4, 0.5) is 16.4 Å². The van der Waals surface area contributed by atoms with E-state index >= 15 is 0 Å². The van der Waals surface area contributed by atoms with E-state index in [0.29, 0.717) is 61.6 Å². The molecule has 3 saturated heterocycles. The van der Waals surface area contributed by atoms with Gasteiger partial charge in [0.25, 0.3) is 0 Å². The van der Waals surface area contributed by atoms with Crippen LogP contribution >= 0.6 is 11.8 Å². The molecule has 6 heterocycles. The van der Waals surface area contributed by atoms with Crippen LogP contribution in [0, 0.1) is 5.41 Å². The molecule has 0 bridgehead atoms. The van der Waals surface area contributed by atoms with E-state index in [-0.39, 0.29) is 36.3 Å². The molecule has 204 valence electrons. The van der Waals surface area contributed by atoms with Crippen LogP contribution in [0.15, 0.2) is 28.4 Å². The van der Waals surface area contributed by atoms with Crippen molar-refractivity contribution in [1.82, 2.24) is 20.3 Å². The van der Waals surface area contributed by atoms with Crippen LogP contribution in [0.2, 0.25) is 0 Å². The standard InChI is InChI=1S/C25H32N6O6S/c1-14-21(29-24(34)35)25(13-37-14)3-6-30(7-4-25)22-17(11-32)28-19(9-27-22)38-18-2-5-26-23-20(18)36-12-15-8-16(33)10-31(15)23/h2,5,9,14-16,21,29,32-33H,3-4,6-8,10-13H2,1H3,(H,34,35)/t14-,15-,16-,21+/m0/s1. The molecule has 38 heavy (non-hydrogen) atoms. The Labute approximate surface area is 224 Å². The van der Waals surface area contributed by atoms with Gasteiger partial charge in [0.15, 0.2) is 17.4 Å². The van der Waals surface area contributed by atoms with Crippen LogP contribution < -0.4 is 19.9 Å². The van der Waals surface area contributed by atoms with Crippen LogP contribution in [-0.4, -0.2) is 93.5 Å². The van der Waals surface area contributed by atoms with Gasteiger partial charge in [-0.25, -0.2) is 19.7 Å². The number of hydrogen-bond acceptors (Lipinski definition) is 11. The zero-order valence-electron chi connectivity index (χ0n) is 21.1. The first-order valence-corrected chi connectivity index (χ1v) is 13.8. The van der Waals surface area contributed by atoms with Crippen molar-refractivity contribution in [1.29, 1.82) is 0 Å². The fourth-order valence-electron chi connectivity index (χ4n) is 6.27. The molecule has 6 rings (SSSR count). The number of fused-ring (bicyclic) bond motifs is 3. The first-order chi connectivity index (χ1) is 18.4. The van der Waals surface area contributed by atoms with E-state index in [4.69, 9.17) is 14.5 Å². The number of aliphatic hydroxyl groups is 2. The predicted molar refractivity (Wildman–Crippen MR) is 138 cm³/mol. The summed E-state index contributed by atoms with van der Waals surface area (Å²) in [5.41, 5.74) is 0.246. The summed E-state index contributed by atoms with van der Waals surface area (Å²) in [5.74, 6) is 2.05. The lowest BCUT2D eigenvalue weighted by atomic mass is 9.73. The van der Waals surface area contributed by atoms with E-state index in [1.807, 2.05) is 13.0 Å². The molecule has 4 atom stereocenters. The molecule has 4 aliphatic heterocycles. The summed E-state index contributed by atoms with van der Waals surface area (Å²) >= 11 is 1.41. The van der Waals surface area contributed by atoms with Gasteiger partial charge in [0.1, 0.15) is 17.3 Å². The Balaban J connectivity index is 1.18. The molecular formula is C25H32N6O6S. The lowest BCUT2D eigenvalue weighted by Gasteiger charge is -2.42. The van der Waals surface area contributed by atoms with E-state index in [1.165, 1.54) is 11.8 Å². The van der Waals surface area contributed by atoms with E-state index in [0.717, 1.165) is 23.6 Å². The molecule has 12 nitrogen and oxygen atoms in total. The number of aliphatic hydroxyl groups excluding tert-OH is 2. The molecule has 0 aliphatic carbocycles. The van der Waals surface area contributed by atoms with Crippen molar-refractivity contribution in [2.45, 2.75) is 67.0 Å². The second-order valence-electron chi connectivity index (χ2n) is 10.5. The highest BCUT2D eigenvalue weighted by Crippen LogP contribution is 2.45. The van der Waals surface area contributed by atoms with Crippen molar-refractivity contribution >= 4 is 29.5 Å². The van der Waals surface area contributed by atoms with Gasteiger partial charge >= 0.3 is 6.09 Å². The molecule has 2 aromatic heterocycles.